The third-order valence-corrected chi connectivity index (χ3v) is 4.38. The molecular weight excluding hydrogens is 370 g/mol. The van der Waals surface area contributed by atoms with E-state index in [1.54, 1.807) is 22.8 Å². The highest BCUT2D eigenvalue weighted by molar-refractivity contribution is 7.71. The number of carbonyl (C=O) groups is 1. The molecule has 9 heteroatoms. The number of rotatable bonds is 5. The van der Waals surface area contributed by atoms with Crippen LogP contribution in [-0.4, -0.2) is 46.4 Å². The maximum atomic E-state index is 12.5. The Kier molecular flexibility index (Phi) is 5.33. The Balaban J connectivity index is 2.44. The number of H-pyrrole nitrogens is 1. The maximum absolute atomic E-state index is 12.5. The van der Waals surface area contributed by atoms with E-state index in [1.807, 2.05) is 0 Å². The van der Waals surface area contributed by atoms with Crippen LogP contribution < -0.4 is 5.56 Å². The Morgan fingerprint density at radius 2 is 2.07 bits per heavy atom. The fourth-order valence-electron chi connectivity index (χ4n) is 2.76. The van der Waals surface area contributed by atoms with E-state index >= 15 is 0 Å². The monoisotopic (exact) mass is 387 g/mol. The average molecular weight is 387 g/mol. The lowest BCUT2D eigenvalue weighted by molar-refractivity contribution is 0.0603. The molecule has 0 saturated carbocycles. The summed E-state index contributed by atoms with van der Waals surface area (Å²) in [4.78, 5) is 31.9. The highest BCUT2D eigenvalue weighted by Crippen LogP contribution is 2.30. The topological polar surface area (TPSA) is 106 Å². The molecule has 0 saturated heterocycles. The molecule has 0 aliphatic rings. The minimum atomic E-state index is -0.694. The van der Waals surface area contributed by atoms with E-state index in [-0.39, 0.29) is 27.1 Å². The van der Waals surface area contributed by atoms with Crippen molar-refractivity contribution in [3.05, 3.63) is 51.0 Å². The molecule has 0 atom stereocenters. The Hall–Kier alpha value is -3.04. The Morgan fingerprint density at radius 1 is 1.33 bits per heavy atom. The quantitative estimate of drug-likeness (QED) is 0.511. The first-order valence-corrected chi connectivity index (χ1v) is 8.42. The van der Waals surface area contributed by atoms with Crippen molar-refractivity contribution in [1.29, 1.82) is 0 Å². The summed E-state index contributed by atoms with van der Waals surface area (Å²) in [5, 5.41) is 10.2. The van der Waals surface area contributed by atoms with Gasteiger partial charge in [-0.2, -0.15) is 0 Å². The minimum Gasteiger partial charge on any atom is -0.507 e. The van der Waals surface area contributed by atoms with Gasteiger partial charge in [-0.25, -0.2) is 9.78 Å². The molecule has 0 radical (unpaired) electrons. The molecule has 1 aromatic carbocycles. The first-order chi connectivity index (χ1) is 13.0. The second-order valence-electron chi connectivity index (χ2n) is 5.67. The molecule has 2 N–H and O–H groups in total. The van der Waals surface area contributed by atoms with Gasteiger partial charge >= 0.3 is 5.97 Å². The zero-order chi connectivity index (χ0) is 19.6. The number of fused-ring (bicyclic) bond motifs is 1. The lowest BCUT2D eigenvalue weighted by Crippen LogP contribution is -2.20. The van der Waals surface area contributed by atoms with Crippen molar-refractivity contribution in [2.24, 2.45) is 0 Å². The summed E-state index contributed by atoms with van der Waals surface area (Å²) in [5.74, 6) is -0.702. The second-order valence-corrected chi connectivity index (χ2v) is 6.05. The molecule has 0 aliphatic carbocycles. The van der Waals surface area contributed by atoms with Crippen LogP contribution in [0.3, 0.4) is 0 Å². The van der Waals surface area contributed by atoms with Crippen molar-refractivity contribution >= 4 is 29.2 Å². The van der Waals surface area contributed by atoms with Crippen LogP contribution in [0, 0.1) is 4.77 Å². The first kappa shape index (κ1) is 18.7. The van der Waals surface area contributed by atoms with E-state index in [1.165, 1.54) is 26.4 Å². The van der Waals surface area contributed by atoms with Gasteiger partial charge in [0.25, 0.3) is 5.56 Å². The number of nitrogens with zero attached hydrogens (tertiary/aromatic N) is 2. The molecule has 0 aliphatic heterocycles. The van der Waals surface area contributed by atoms with Crippen LogP contribution in [0.2, 0.25) is 0 Å². The highest BCUT2D eigenvalue weighted by Gasteiger charge is 2.20. The number of benzene rings is 1. The zero-order valence-corrected chi connectivity index (χ0v) is 15.5. The summed E-state index contributed by atoms with van der Waals surface area (Å²) in [6.07, 6.45) is 0. The summed E-state index contributed by atoms with van der Waals surface area (Å²) < 4.78 is 11.7. The number of aromatic amines is 1. The van der Waals surface area contributed by atoms with Gasteiger partial charge in [-0.3, -0.25) is 9.78 Å². The second kappa shape index (κ2) is 7.68. The Morgan fingerprint density at radius 3 is 2.74 bits per heavy atom. The molecule has 0 spiro atoms. The van der Waals surface area contributed by atoms with Gasteiger partial charge in [0.1, 0.15) is 11.4 Å². The summed E-state index contributed by atoms with van der Waals surface area (Å²) in [7, 11) is 2.76. The molecule has 0 amide bonds. The predicted molar refractivity (Wildman–Crippen MR) is 102 cm³/mol. The third kappa shape index (κ3) is 3.46. The molecule has 0 fully saturated rings. The van der Waals surface area contributed by atoms with Gasteiger partial charge < -0.3 is 19.1 Å². The number of phenols is 1. The number of esters is 1. The number of ether oxygens (including phenoxy) is 2. The average Bonchev–Trinajstić information content (AvgIpc) is 2.66. The largest absolute Gasteiger partial charge is 0.507 e. The van der Waals surface area contributed by atoms with E-state index in [4.69, 9.17) is 21.7 Å². The molecular formula is C18H17N3O5S. The van der Waals surface area contributed by atoms with Crippen LogP contribution in [0.1, 0.15) is 10.4 Å². The fraction of sp³-hybridized carbons (Fsp3) is 0.222. The number of carbonyl (C=O) groups excluding carboxylic acids is 1. The van der Waals surface area contributed by atoms with Crippen molar-refractivity contribution in [1.82, 2.24) is 14.5 Å². The molecule has 0 bridgehead atoms. The lowest BCUT2D eigenvalue weighted by atomic mass is 10.1. The number of phenolic OH excluding ortho intramolecular Hbond substituents is 1. The molecule has 27 heavy (non-hydrogen) atoms. The minimum absolute atomic E-state index is 0.00737. The number of nitrogens with one attached hydrogen (secondary N) is 1. The molecule has 2 aromatic heterocycles. The number of aromatic nitrogens is 3. The van der Waals surface area contributed by atoms with Crippen LogP contribution in [-0.2, 0) is 16.0 Å². The van der Waals surface area contributed by atoms with Crippen molar-refractivity contribution in [3.63, 3.8) is 0 Å². The molecule has 0 unspecified atom stereocenters. The third-order valence-electron chi connectivity index (χ3n) is 4.05. The van der Waals surface area contributed by atoms with Gasteiger partial charge in [-0.15, -0.1) is 0 Å². The fourth-order valence-corrected chi connectivity index (χ4v) is 3.03. The van der Waals surface area contributed by atoms with Gasteiger partial charge in [0.2, 0.25) is 0 Å². The molecule has 3 aromatic rings. The number of aromatic hydroxyl groups is 1. The standard InChI is InChI=1S/C18H17N3O5S/c1-25-8-7-21-15-14(16(23)20-18(21)27)11(17(24)26-2)9-12(19-15)10-5-3-4-6-13(10)22/h3-6,9,22H,7-8H2,1-2H3,(H,20,23,27). The number of hydrogen-bond acceptors (Lipinski definition) is 7. The Labute approximate surface area is 159 Å². The Bertz CT molecular complexity index is 1140. The molecule has 140 valence electrons. The number of pyridine rings is 1. The summed E-state index contributed by atoms with van der Waals surface area (Å²) in [6, 6.07) is 7.99. The van der Waals surface area contributed by atoms with Gasteiger partial charge in [-0.1, -0.05) is 12.1 Å². The van der Waals surface area contributed by atoms with E-state index in [0.717, 1.165) is 0 Å². The number of hydrogen-bond donors (Lipinski definition) is 2. The van der Waals surface area contributed by atoms with E-state index in [2.05, 4.69) is 9.97 Å². The summed E-state index contributed by atoms with van der Waals surface area (Å²) in [6.45, 7) is 0.645. The first-order valence-electron chi connectivity index (χ1n) is 8.01. The van der Waals surface area contributed by atoms with Crippen LogP contribution in [0.5, 0.6) is 5.75 Å². The maximum Gasteiger partial charge on any atom is 0.338 e. The van der Waals surface area contributed by atoms with Crippen LogP contribution >= 0.6 is 12.2 Å². The summed E-state index contributed by atoms with van der Waals surface area (Å²) in [5.41, 5.74) is 0.423. The predicted octanol–water partition coefficient (Wildman–Crippen LogP) is 2.26. The van der Waals surface area contributed by atoms with Crippen molar-refractivity contribution in [3.8, 4) is 17.0 Å². The molecule has 2 heterocycles. The normalized spacial score (nSPS) is 10.9. The van der Waals surface area contributed by atoms with Gasteiger partial charge in [0.15, 0.2) is 4.77 Å². The van der Waals surface area contributed by atoms with Crippen molar-refractivity contribution in [2.45, 2.75) is 6.54 Å². The van der Waals surface area contributed by atoms with Gasteiger partial charge in [0.05, 0.1) is 36.9 Å². The van der Waals surface area contributed by atoms with Crippen LogP contribution in [0.4, 0.5) is 0 Å². The number of para-hydroxylation sites is 1. The SMILES string of the molecule is COCCn1c(=S)[nH]c(=O)c2c(C(=O)OC)cc(-c3ccccc3O)nc21. The molecule has 3 rings (SSSR count). The van der Waals surface area contributed by atoms with E-state index < -0.39 is 11.5 Å². The smallest absolute Gasteiger partial charge is 0.338 e. The van der Waals surface area contributed by atoms with Gasteiger partial charge in [-0.05, 0) is 30.4 Å². The lowest BCUT2D eigenvalue weighted by Gasteiger charge is -2.14. The zero-order valence-electron chi connectivity index (χ0n) is 14.7. The molecule has 8 nitrogen and oxygen atoms in total. The van der Waals surface area contributed by atoms with Crippen molar-refractivity contribution in [2.75, 3.05) is 20.8 Å². The highest BCUT2D eigenvalue weighted by atomic mass is 32.1. The van der Waals surface area contributed by atoms with Gasteiger partial charge in [0, 0.05) is 12.7 Å². The number of methoxy groups -OCH3 is 2. The summed E-state index contributed by atoms with van der Waals surface area (Å²) >= 11 is 5.25. The van der Waals surface area contributed by atoms with Crippen LogP contribution in [0.25, 0.3) is 22.3 Å². The van der Waals surface area contributed by atoms with E-state index in [0.29, 0.717) is 24.4 Å². The van der Waals surface area contributed by atoms with Crippen molar-refractivity contribution < 1.29 is 19.4 Å². The van der Waals surface area contributed by atoms with E-state index in [9.17, 15) is 14.7 Å². The van der Waals surface area contributed by atoms with Crippen LogP contribution in [0.15, 0.2) is 35.1 Å².